The molecular weight excluding hydrogens is 444 g/mol. The Morgan fingerprint density at radius 2 is 1.83 bits per heavy atom. The number of thiophene rings is 1. The summed E-state index contributed by atoms with van der Waals surface area (Å²) in [6.45, 7) is 0. The minimum atomic E-state index is -3.65. The number of carbonyl (C=O) groups excluding carboxylic acids is 1. The lowest BCUT2D eigenvalue weighted by Gasteiger charge is -2.12. The average Bonchev–Trinajstić information content (AvgIpc) is 3.38. The Hall–Kier alpha value is -2.39. The molecule has 1 aliphatic carbocycles. The fourth-order valence-electron chi connectivity index (χ4n) is 2.85. The van der Waals surface area contributed by atoms with Gasteiger partial charge >= 0.3 is 0 Å². The first-order valence-electron chi connectivity index (χ1n) is 9.23. The highest BCUT2D eigenvalue weighted by Crippen LogP contribution is 2.32. The van der Waals surface area contributed by atoms with E-state index in [-0.39, 0.29) is 16.8 Å². The van der Waals surface area contributed by atoms with Gasteiger partial charge in [-0.3, -0.25) is 4.79 Å². The van der Waals surface area contributed by atoms with E-state index in [1.54, 1.807) is 18.2 Å². The molecule has 4 rings (SSSR count). The number of rotatable bonds is 7. The van der Waals surface area contributed by atoms with Crippen LogP contribution in [0.4, 0.5) is 5.69 Å². The molecule has 1 aromatic heterocycles. The molecule has 9 heteroatoms. The maximum absolute atomic E-state index is 12.8. The van der Waals surface area contributed by atoms with Crippen molar-refractivity contribution in [2.24, 2.45) is 0 Å². The molecule has 156 valence electrons. The third-order valence-corrected chi connectivity index (χ3v) is 7.49. The fourth-order valence-corrected chi connectivity index (χ4v) is 5.22. The minimum Gasteiger partial charge on any atom is -0.495 e. The van der Waals surface area contributed by atoms with Gasteiger partial charge in [0.05, 0.1) is 22.6 Å². The van der Waals surface area contributed by atoms with Crippen LogP contribution in [-0.2, 0) is 10.0 Å². The van der Waals surface area contributed by atoms with Crippen LogP contribution in [0.2, 0.25) is 5.02 Å². The lowest BCUT2D eigenvalue weighted by Crippen LogP contribution is -2.25. The molecule has 0 atom stereocenters. The zero-order chi connectivity index (χ0) is 21.3. The highest BCUT2D eigenvalue weighted by Gasteiger charge is 2.28. The third kappa shape index (κ3) is 4.67. The Morgan fingerprint density at radius 1 is 1.10 bits per heavy atom. The highest BCUT2D eigenvalue weighted by molar-refractivity contribution is 7.89. The first kappa shape index (κ1) is 20.9. The first-order chi connectivity index (χ1) is 14.4. The molecule has 1 saturated carbocycles. The van der Waals surface area contributed by atoms with Gasteiger partial charge in [0.15, 0.2) is 0 Å². The van der Waals surface area contributed by atoms with Gasteiger partial charge in [-0.15, -0.1) is 11.3 Å². The summed E-state index contributed by atoms with van der Waals surface area (Å²) < 4.78 is 32.9. The molecule has 0 radical (unpaired) electrons. The van der Waals surface area contributed by atoms with Gasteiger partial charge in [-0.25, -0.2) is 13.1 Å². The summed E-state index contributed by atoms with van der Waals surface area (Å²) in [6, 6.07) is 15.4. The van der Waals surface area contributed by atoms with Gasteiger partial charge in [-0.1, -0.05) is 23.7 Å². The van der Waals surface area contributed by atoms with E-state index < -0.39 is 10.0 Å². The topological polar surface area (TPSA) is 84.5 Å². The van der Waals surface area contributed by atoms with Crippen molar-refractivity contribution in [3.05, 3.63) is 64.5 Å². The molecule has 0 bridgehead atoms. The van der Waals surface area contributed by atoms with Gasteiger partial charge in [-0.2, -0.15) is 0 Å². The van der Waals surface area contributed by atoms with Crippen LogP contribution in [0.1, 0.15) is 22.5 Å². The van der Waals surface area contributed by atoms with Crippen LogP contribution in [0, 0.1) is 0 Å². The van der Waals surface area contributed by atoms with Crippen molar-refractivity contribution in [3.8, 4) is 16.2 Å². The van der Waals surface area contributed by atoms with Gasteiger partial charge in [0.1, 0.15) is 5.75 Å². The van der Waals surface area contributed by atoms with Crippen LogP contribution < -0.4 is 14.8 Å². The standard InChI is InChI=1S/C21H19ClN2O4S2/c1-28-18-9-8-16(30(26,27)24-15-6-7-15)12-17(18)23-21(25)20-11-10-19(29-20)13-2-4-14(22)5-3-13/h2-5,8-12,15,24H,6-7H2,1H3,(H,23,25). The second-order valence-corrected chi connectivity index (χ2v) is 10.1. The summed E-state index contributed by atoms with van der Waals surface area (Å²) in [6.07, 6.45) is 1.68. The monoisotopic (exact) mass is 462 g/mol. The van der Waals surface area contributed by atoms with E-state index in [4.69, 9.17) is 16.3 Å². The summed E-state index contributed by atoms with van der Waals surface area (Å²) in [7, 11) is -2.18. The Bertz CT molecular complexity index is 1190. The number of sulfonamides is 1. The van der Waals surface area contributed by atoms with Crippen LogP contribution in [0.25, 0.3) is 10.4 Å². The molecule has 0 spiro atoms. The summed E-state index contributed by atoms with van der Waals surface area (Å²) in [5.41, 5.74) is 1.25. The van der Waals surface area contributed by atoms with Gasteiger partial charge in [0.2, 0.25) is 10.0 Å². The molecule has 3 aromatic rings. The highest BCUT2D eigenvalue weighted by atomic mass is 35.5. The molecular formula is C21H19ClN2O4S2. The lowest BCUT2D eigenvalue weighted by molar-refractivity contribution is 0.103. The molecule has 1 fully saturated rings. The zero-order valence-electron chi connectivity index (χ0n) is 16.0. The number of carbonyl (C=O) groups is 1. The maximum atomic E-state index is 12.8. The van der Waals surface area contributed by atoms with Gasteiger partial charge in [0.25, 0.3) is 5.91 Å². The molecule has 1 heterocycles. The fraction of sp³-hybridized carbons (Fsp3) is 0.190. The molecule has 6 nitrogen and oxygen atoms in total. The van der Waals surface area contributed by atoms with E-state index in [2.05, 4.69) is 10.0 Å². The van der Waals surface area contributed by atoms with Crippen molar-refractivity contribution in [2.45, 2.75) is 23.8 Å². The van der Waals surface area contributed by atoms with Crippen LogP contribution in [0.3, 0.4) is 0 Å². The Morgan fingerprint density at radius 3 is 2.50 bits per heavy atom. The number of benzene rings is 2. The first-order valence-corrected chi connectivity index (χ1v) is 11.9. The number of methoxy groups -OCH3 is 1. The van der Waals surface area contributed by atoms with Gasteiger partial charge < -0.3 is 10.1 Å². The molecule has 30 heavy (non-hydrogen) atoms. The average molecular weight is 463 g/mol. The van der Waals surface area contributed by atoms with Crippen molar-refractivity contribution < 1.29 is 17.9 Å². The Balaban J connectivity index is 1.56. The second-order valence-electron chi connectivity index (χ2n) is 6.88. The predicted octanol–water partition coefficient (Wildman–Crippen LogP) is 4.77. The normalized spacial score (nSPS) is 13.8. The van der Waals surface area contributed by atoms with Crippen LogP contribution in [0.15, 0.2) is 59.5 Å². The van der Waals surface area contributed by atoms with Crippen LogP contribution >= 0.6 is 22.9 Å². The number of nitrogens with one attached hydrogen (secondary N) is 2. The van der Waals surface area contributed by atoms with E-state index in [1.165, 1.54) is 36.6 Å². The van der Waals surface area contributed by atoms with Crippen molar-refractivity contribution in [2.75, 3.05) is 12.4 Å². The quantitative estimate of drug-likeness (QED) is 0.529. The predicted molar refractivity (Wildman–Crippen MR) is 119 cm³/mol. The Labute approximate surface area is 183 Å². The summed E-state index contributed by atoms with van der Waals surface area (Å²) in [4.78, 5) is 14.3. The number of amides is 1. The number of ether oxygens (including phenoxy) is 1. The SMILES string of the molecule is COc1ccc(S(=O)(=O)NC2CC2)cc1NC(=O)c1ccc(-c2ccc(Cl)cc2)s1. The number of halogens is 1. The third-order valence-electron chi connectivity index (χ3n) is 4.59. The number of hydrogen-bond acceptors (Lipinski definition) is 5. The Kier molecular flexibility index (Phi) is 5.84. The number of hydrogen-bond donors (Lipinski definition) is 2. The summed E-state index contributed by atoms with van der Waals surface area (Å²) in [5.74, 6) is 0.0337. The second kappa shape index (κ2) is 8.39. The van der Waals surface area contributed by atoms with Crippen molar-refractivity contribution in [1.29, 1.82) is 0 Å². The molecule has 0 aliphatic heterocycles. The van der Waals surface area contributed by atoms with E-state index in [0.29, 0.717) is 21.3 Å². The van der Waals surface area contributed by atoms with E-state index >= 15 is 0 Å². The van der Waals surface area contributed by atoms with E-state index in [1.807, 2.05) is 18.2 Å². The maximum Gasteiger partial charge on any atom is 0.265 e. The van der Waals surface area contributed by atoms with Crippen molar-refractivity contribution >= 4 is 44.6 Å². The smallest absolute Gasteiger partial charge is 0.265 e. The van der Waals surface area contributed by atoms with Crippen LogP contribution in [-0.4, -0.2) is 27.5 Å². The number of anilines is 1. The van der Waals surface area contributed by atoms with Crippen molar-refractivity contribution in [1.82, 2.24) is 4.72 Å². The molecule has 2 N–H and O–H groups in total. The summed E-state index contributed by atoms with van der Waals surface area (Å²) in [5, 5.41) is 3.41. The van der Waals surface area contributed by atoms with E-state index in [0.717, 1.165) is 23.3 Å². The van der Waals surface area contributed by atoms with E-state index in [9.17, 15) is 13.2 Å². The molecule has 0 saturated heterocycles. The molecule has 2 aromatic carbocycles. The lowest BCUT2D eigenvalue weighted by atomic mass is 10.2. The summed E-state index contributed by atoms with van der Waals surface area (Å²) >= 11 is 7.26. The molecule has 1 aliphatic rings. The molecule has 1 amide bonds. The molecule has 0 unspecified atom stereocenters. The van der Waals surface area contributed by atoms with Crippen molar-refractivity contribution in [3.63, 3.8) is 0 Å². The largest absolute Gasteiger partial charge is 0.495 e. The van der Waals surface area contributed by atoms with Crippen LogP contribution in [0.5, 0.6) is 5.75 Å². The van der Waals surface area contributed by atoms with Gasteiger partial charge in [-0.05, 0) is 60.9 Å². The van der Waals surface area contributed by atoms with Gasteiger partial charge in [0, 0.05) is 15.9 Å². The zero-order valence-corrected chi connectivity index (χ0v) is 18.4. The minimum absolute atomic E-state index is 0.00690.